The van der Waals surface area contributed by atoms with Crippen LogP contribution in [0.4, 0.5) is 5.13 Å². The summed E-state index contributed by atoms with van der Waals surface area (Å²) in [6.07, 6.45) is 2.81. The van der Waals surface area contributed by atoms with E-state index in [9.17, 15) is 4.79 Å². The average molecular weight is 214 g/mol. The molecule has 1 atom stereocenters. The summed E-state index contributed by atoms with van der Waals surface area (Å²) >= 11 is 1.52. The molecule has 4 nitrogen and oxygen atoms in total. The molecule has 1 aromatic heterocycles. The summed E-state index contributed by atoms with van der Waals surface area (Å²) in [5.74, 6) is -0.561. The van der Waals surface area contributed by atoms with Crippen LogP contribution in [-0.2, 0) is 4.79 Å². The van der Waals surface area contributed by atoms with E-state index in [1.807, 2.05) is 12.3 Å². The Morgan fingerprint density at radius 1 is 1.79 bits per heavy atom. The Morgan fingerprint density at radius 2 is 2.57 bits per heavy atom. The Morgan fingerprint density at radius 3 is 3.07 bits per heavy atom. The third-order valence-corrected chi connectivity index (χ3v) is 2.75. The van der Waals surface area contributed by atoms with Crippen LogP contribution >= 0.6 is 11.3 Å². The Hall–Kier alpha value is -1.10. The summed E-state index contributed by atoms with van der Waals surface area (Å²) in [6, 6.07) is 0. The third-order valence-electron chi connectivity index (χ3n) is 2.01. The quantitative estimate of drug-likeness (QED) is 0.760. The molecule has 0 bridgehead atoms. The van der Waals surface area contributed by atoms with Crippen molar-refractivity contribution >= 4 is 22.4 Å². The molecule has 0 aliphatic rings. The average Bonchev–Trinajstić information content (AvgIpc) is 2.64. The maximum Gasteiger partial charge on any atom is 0.303 e. The highest BCUT2D eigenvalue weighted by Gasteiger charge is 2.10. The first-order valence-electron chi connectivity index (χ1n) is 4.57. The highest BCUT2D eigenvalue weighted by molar-refractivity contribution is 7.13. The van der Waals surface area contributed by atoms with Gasteiger partial charge >= 0.3 is 5.97 Å². The molecule has 0 spiro atoms. The largest absolute Gasteiger partial charge is 0.481 e. The molecule has 0 aliphatic carbocycles. The van der Waals surface area contributed by atoms with Gasteiger partial charge in [0.15, 0.2) is 5.13 Å². The zero-order chi connectivity index (χ0) is 10.4. The molecule has 14 heavy (non-hydrogen) atoms. The van der Waals surface area contributed by atoms with Gasteiger partial charge in [0.2, 0.25) is 0 Å². The second-order valence-electron chi connectivity index (χ2n) is 3.09. The first-order chi connectivity index (χ1) is 6.72. The molecule has 1 aromatic rings. The van der Waals surface area contributed by atoms with Crippen molar-refractivity contribution in [2.24, 2.45) is 5.92 Å². The number of anilines is 1. The number of carboxylic acids is 1. The molecule has 0 fully saturated rings. The molecule has 0 aromatic carbocycles. The number of nitrogens with one attached hydrogen (secondary N) is 1. The van der Waals surface area contributed by atoms with Gasteiger partial charge in [0.1, 0.15) is 0 Å². The van der Waals surface area contributed by atoms with Gasteiger partial charge in [-0.2, -0.15) is 0 Å². The zero-order valence-corrected chi connectivity index (χ0v) is 8.88. The second-order valence-corrected chi connectivity index (χ2v) is 3.98. The Balaban J connectivity index is 2.30. The smallest absolute Gasteiger partial charge is 0.303 e. The number of aliphatic carboxylic acids is 1. The van der Waals surface area contributed by atoms with E-state index >= 15 is 0 Å². The molecule has 1 unspecified atom stereocenters. The molecule has 0 saturated heterocycles. The summed E-state index contributed by atoms with van der Waals surface area (Å²) in [6.45, 7) is 2.67. The van der Waals surface area contributed by atoms with Crippen molar-refractivity contribution in [2.75, 3.05) is 11.9 Å². The van der Waals surface area contributed by atoms with Crippen LogP contribution in [0, 0.1) is 5.92 Å². The number of hydrogen-bond donors (Lipinski definition) is 2. The number of hydrogen-bond acceptors (Lipinski definition) is 4. The van der Waals surface area contributed by atoms with Gasteiger partial charge in [0, 0.05) is 24.5 Å². The Bertz CT molecular complexity index is 274. The topological polar surface area (TPSA) is 62.2 Å². The summed E-state index contributed by atoms with van der Waals surface area (Å²) in [5.41, 5.74) is 0. The van der Waals surface area contributed by atoms with Crippen LogP contribution in [0.15, 0.2) is 11.6 Å². The molecule has 5 heteroatoms. The van der Waals surface area contributed by atoms with Gasteiger partial charge in [-0.15, -0.1) is 11.3 Å². The van der Waals surface area contributed by atoms with Crippen molar-refractivity contribution in [3.8, 4) is 0 Å². The summed E-state index contributed by atoms with van der Waals surface area (Å²) in [7, 11) is 0. The predicted molar refractivity (Wildman–Crippen MR) is 56.6 cm³/mol. The van der Waals surface area contributed by atoms with Crippen LogP contribution in [0.25, 0.3) is 0 Å². The van der Waals surface area contributed by atoms with Crippen LogP contribution < -0.4 is 5.32 Å². The van der Waals surface area contributed by atoms with Crippen molar-refractivity contribution in [1.29, 1.82) is 0 Å². The number of nitrogens with zero attached hydrogens (tertiary/aromatic N) is 1. The van der Waals surface area contributed by atoms with Crippen LogP contribution in [0.5, 0.6) is 0 Å². The van der Waals surface area contributed by atoms with E-state index in [0.717, 1.165) is 11.6 Å². The molecule has 2 N–H and O–H groups in total. The molecule has 0 aliphatic heterocycles. The van der Waals surface area contributed by atoms with Crippen molar-refractivity contribution in [3.05, 3.63) is 11.6 Å². The van der Waals surface area contributed by atoms with Gasteiger partial charge in [0.25, 0.3) is 0 Å². The first kappa shape index (κ1) is 11.0. The molecule has 1 rings (SSSR count). The van der Waals surface area contributed by atoms with Crippen LogP contribution in [0.2, 0.25) is 0 Å². The van der Waals surface area contributed by atoms with Crippen LogP contribution in [0.3, 0.4) is 0 Å². The Labute approximate surface area is 87.0 Å². The summed E-state index contributed by atoms with van der Waals surface area (Å²) < 4.78 is 0. The third kappa shape index (κ3) is 3.74. The zero-order valence-electron chi connectivity index (χ0n) is 8.06. The first-order valence-corrected chi connectivity index (χ1v) is 5.45. The summed E-state index contributed by atoms with van der Waals surface area (Å²) in [4.78, 5) is 14.6. The molecule has 0 saturated carbocycles. The lowest BCUT2D eigenvalue weighted by Gasteiger charge is -2.12. The highest BCUT2D eigenvalue weighted by atomic mass is 32.1. The number of rotatable bonds is 6. The van der Waals surface area contributed by atoms with Crippen molar-refractivity contribution in [2.45, 2.75) is 19.8 Å². The van der Waals surface area contributed by atoms with Gasteiger partial charge in [0.05, 0.1) is 0 Å². The summed E-state index contributed by atoms with van der Waals surface area (Å²) in [5, 5.41) is 14.5. The molecule has 1 heterocycles. The van der Waals surface area contributed by atoms with E-state index in [-0.39, 0.29) is 12.3 Å². The van der Waals surface area contributed by atoms with Crippen LogP contribution in [0.1, 0.15) is 19.8 Å². The molecule has 78 valence electrons. The molecule has 0 radical (unpaired) electrons. The fourth-order valence-electron chi connectivity index (χ4n) is 1.15. The normalized spacial score (nSPS) is 12.4. The lowest BCUT2D eigenvalue weighted by atomic mass is 10.0. The number of carbonyl (C=O) groups is 1. The van der Waals surface area contributed by atoms with E-state index in [0.29, 0.717) is 6.54 Å². The SMILES string of the molecule is CCC(CNc1nccs1)CC(=O)O. The maximum absolute atomic E-state index is 10.5. The van der Waals surface area contributed by atoms with Crippen LogP contribution in [-0.4, -0.2) is 22.6 Å². The van der Waals surface area contributed by atoms with E-state index in [2.05, 4.69) is 10.3 Å². The van der Waals surface area contributed by atoms with Gasteiger partial charge in [-0.3, -0.25) is 4.79 Å². The fraction of sp³-hybridized carbons (Fsp3) is 0.556. The minimum atomic E-state index is -0.738. The van der Waals surface area contributed by atoms with E-state index < -0.39 is 5.97 Å². The van der Waals surface area contributed by atoms with Gasteiger partial charge in [-0.25, -0.2) is 4.98 Å². The van der Waals surface area contributed by atoms with Crippen molar-refractivity contribution < 1.29 is 9.90 Å². The number of thiazole rings is 1. The molecule has 0 amide bonds. The van der Waals surface area contributed by atoms with E-state index in [4.69, 9.17) is 5.11 Å². The fourth-order valence-corrected chi connectivity index (χ4v) is 1.69. The highest BCUT2D eigenvalue weighted by Crippen LogP contribution is 2.13. The van der Waals surface area contributed by atoms with Gasteiger partial charge < -0.3 is 10.4 Å². The van der Waals surface area contributed by atoms with E-state index in [1.54, 1.807) is 6.20 Å². The second kappa shape index (κ2) is 5.59. The number of carboxylic acid groups (broad SMARTS) is 1. The van der Waals surface area contributed by atoms with E-state index in [1.165, 1.54) is 11.3 Å². The maximum atomic E-state index is 10.5. The minimum Gasteiger partial charge on any atom is -0.481 e. The molecular formula is C9H14N2O2S. The van der Waals surface area contributed by atoms with Crippen molar-refractivity contribution in [1.82, 2.24) is 4.98 Å². The van der Waals surface area contributed by atoms with Gasteiger partial charge in [-0.05, 0) is 5.92 Å². The number of aromatic nitrogens is 1. The van der Waals surface area contributed by atoms with Crippen molar-refractivity contribution in [3.63, 3.8) is 0 Å². The van der Waals surface area contributed by atoms with Gasteiger partial charge in [-0.1, -0.05) is 13.3 Å². The predicted octanol–water partition coefficient (Wildman–Crippen LogP) is 2.06. The monoisotopic (exact) mass is 214 g/mol. The lowest BCUT2D eigenvalue weighted by Crippen LogP contribution is -2.17. The molecular weight excluding hydrogens is 200 g/mol. The lowest BCUT2D eigenvalue weighted by molar-refractivity contribution is -0.138. The minimum absolute atomic E-state index is 0.177. The standard InChI is InChI=1S/C9H14N2O2S/c1-2-7(5-8(12)13)6-11-9-10-3-4-14-9/h3-4,7H,2,5-6H2,1H3,(H,10,11)(H,12,13). The Kier molecular flexibility index (Phi) is 4.39.